The molecule has 0 unspecified atom stereocenters. The molecule has 1 saturated heterocycles. The quantitative estimate of drug-likeness (QED) is 0.713. The number of anilines is 1. The standard InChI is InChI=1S/C20H20F2N4OS/c21-14-1-3-16(19(23)27)13(11-14)5-6-25-7-9-26(10-8-25)20-17-12-15(22)2-4-18(17)28-24-20/h1-4,11-12H,5-10H2,(H2,23,27). The van der Waals surface area contributed by atoms with Crippen LogP contribution in [0.1, 0.15) is 15.9 Å². The molecule has 0 aliphatic carbocycles. The highest BCUT2D eigenvalue weighted by Gasteiger charge is 2.21. The molecule has 3 aromatic rings. The fourth-order valence-electron chi connectivity index (χ4n) is 3.60. The molecule has 28 heavy (non-hydrogen) atoms. The third-order valence-corrected chi connectivity index (χ3v) is 5.93. The van der Waals surface area contributed by atoms with Crippen LogP contribution in [0.5, 0.6) is 0 Å². The third kappa shape index (κ3) is 3.83. The predicted molar refractivity (Wildman–Crippen MR) is 107 cm³/mol. The Hall–Kier alpha value is -2.58. The first kappa shape index (κ1) is 18.8. The van der Waals surface area contributed by atoms with E-state index in [1.807, 2.05) is 0 Å². The summed E-state index contributed by atoms with van der Waals surface area (Å²) in [5.74, 6) is -0.330. The van der Waals surface area contributed by atoms with Crippen molar-refractivity contribution in [3.63, 3.8) is 0 Å². The SMILES string of the molecule is NC(=O)c1ccc(F)cc1CCN1CCN(c2nsc3ccc(F)cc23)CC1. The van der Waals surface area contributed by atoms with Gasteiger partial charge in [0.15, 0.2) is 0 Å². The molecule has 0 radical (unpaired) electrons. The number of piperazine rings is 1. The van der Waals surface area contributed by atoms with Gasteiger partial charge in [-0.2, -0.15) is 4.37 Å². The Labute approximate surface area is 165 Å². The zero-order valence-corrected chi connectivity index (χ0v) is 16.0. The van der Waals surface area contributed by atoms with Gasteiger partial charge in [-0.05, 0) is 59.9 Å². The van der Waals surface area contributed by atoms with Crippen molar-refractivity contribution in [2.75, 3.05) is 37.6 Å². The van der Waals surface area contributed by atoms with Crippen LogP contribution in [-0.2, 0) is 6.42 Å². The minimum Gasteiger partial charge on any atom is -0.366 e. The van der Waals surface area contributed by atoms with Crippen molar-refractivity contribution in [1.82, 2.24) is 9.27 Å². The number of fused-ring (bicyclic) bond motifs is 1. The second-order valence-electron chi connectivity index (χ2n) is 6.89. The van der Waals surface area contributed by atoms with E-state index in [1.54, 1.807) is 6.07 Å². The van der Waals surface area contributed by atoms with Gasteiger partial charge in [0.1, 0.15) is 17.5 Å². The van der Waals surface area contributed by atoms with Gasteiger partial charge in [-0.1, -0.05) is 0 Å². The summed E-state index contributed by atoms with van der Waals surface area (Å²) < 4.78 is 32.6. The molecule has 0 saturated carbocycles. The van der Waals surface area contributed by atoms with Crippen LogP contribution in [0.15, 0.2) is 36.4 Å². The van der Waals surface area contributed by atoms with Crippen LogP contribution in [0.4, 0.5) is 14.6 Å². The summed E-state index contributed by atoms with van der Waals surface area (Å²) >= 11 is 1.38. The first-order valence-electron chi connectivity index (χ1n) is 9.12. The Bertz CT molecular complexity index is 1010. The van der Waals surface area contributed by atoms with Gasteiger partial charge in [0, 0.05) is 43.7 Å². The molecule has 4 rings (SSSR count). The maximum absolute atomic E-state index is 13.6. The Balaban J connectivity index is 1.39. The van der Waals surface area contributed by atoms with E-state index >= 15 is 0 Å². The monoisotopic (exact) mass is 402 g/mol. The average Bonchev–Trinajstić information content (AvgIpc) is 3.09. The average molecular weight is 402 g/mol. The van der Waals surface area contributed by atoms with Crippen molar-refractivity contribution < 1.29 is 13.6 Å². The molecule has 2 N–H and O–H groups in total. The number of carbonyl (C=O) groups is 1. The lowest BCUT2D eigenvalue weighted by atomic mass is 10.0. The lowest BCUT2D eigenvalue weighted by molar-refractivity contribution is 0.0999. The number of amides is 1. The van der Waals surface area contributed by atoms with Gasteiger partial charge in [0.2, 0.25) is 5.91 Å². The fourth-order valence-corrected chi connectivity index (χ4v) is 4.37. The van der Waals surface area contributed by atoms with Crippen molar-refractivity contribution in [3.05, 3.63) is 59.2 Å². The number of carbonyl (C=O) groups excluding carboxylic acids is 1. The first-order valence-corrected chi connectivity index (χ1v) is 9.89. The number of aromatic nitrogens is 1. The fraction of sp³-hybridized carbons (Fsp3) is 0.300. The van der Waals surface area contributed by atoms with E-state index in [0.29, 0.717) is 24.1 Å². The molecule has 1 aromatic heterocycles. The molecule has 1 fully saturated rings. The molecule has 1 aliphatic rings. The molecule has 8 heteroatoms. The van der Waals surface area contributed by atoms with Crippen LogP contribution in [0, 0.1) is 11.6 Å². The number of halogens is 2. The molecular formula is C20H20F2N4OS. The van der Waals surface area contributed by atoms with Gasteiger partial charge in [-0.25, -0.2) is 8.78 Å². The molecule has 0 bridgehead atoms. The van der Waals surface area contributed by atoms with Gasteiger partial charge >= 0.3 is 0 Å². The lowest BCUT2D eigenvalue weighted by Gasteiger charge is -2.35. The summed E-state index contributed by atoms with van der Waals surface area (Å²) in [6, 6.07) is 8.83. The van der Waals surface area contributed by atoms with Crippen molar-refractivity contribution in [3.8, 4) is 0 Å². The highest BCUT2D eigenvalue weighted by Crippen LogP contribution is 2.30. The summed E-state index contributed by atoms with van der Waals surface area (Å²) in [5, 5.41) is 0.851. The van der Waals surface area contributed by atoms with E-state index in [1.165, 1.54) is 41.9 Å². The minimum absolute atomic E-state index is 0.257. The minimum atomic E-state index is -0.539. The number of hydrogen-bond acceptors (Lipinski definition) is 5. The van der Waals surface area contributed by atoms with Gasteiger partial charge in [-0.3, -0.25) is 9.69 Å². The van der Waals surface area contributed by atoms with E-state index in [4.69, 9.17) is 5.73 Å². The van der Waals surface area contributed by atoms with Gasteiger partial charge in [-0.15, -0.1) is 0 Å². The zero-order valence-electron chi connectivity index (χ0n) is 15.2. The molecule has 1 amide bonds. The molecule has 5 nitrogen and oxygen atoms in total. The number of benzene rings is 2. The largest absolute Gasteiger partial charge is 0.366 e. The van der Waals surface area contributed by atoms with E-state index in [9.17, 15) is 13.6 Å². The number of rotatable bonds is 5. The van der Waals surface area contributed by atoms with Crippen LogP contribution >= 0.6 is 11.5 Å². The second kappa shape index (κ2) is 7.81. The first-order chi connectivity index (χ1) is 13.5. The molecule has 0 spiro atoms. The summed E-state index contributed by atoms with van der Waals surface area (Å²) in [7, 11) is 0. The molecule has 146 valence electrons. The van der Waals surface area contributed by atoms with Crippen LogP contribution < -0.4 is 10.6 Å². The van der Waals surface area contributed by atoms with Crippen LogP contribution in [0.25, 0.3) is 10.1 Å². The van der Waals surface area contributed by atoms with Crippen LogP contribution in [0.3, 0.4) is 0 Å². The highest BCUT2D eigenvalue weighted by atomic mass is 32.1. The van der Waals surface area contributed by atoms with Gasteiger partial charge in [0.25, 0.3) is 0 Å². The summed E-state index contributed by atoms with van der Waals surface area (Å²) in [5.41, 5.74) is 6.39. The van der Waals surface area contributed by atoms with E-state index in [0.717, 1.165) is 42.1 Å². The topological polar surface area (TPSA) is 62.5 Å². The van der Waals surface area contributed by atoms with Crippen molar-refractivity contribution in [1.29, 1.82) is 0 Å². The van der Waals surface area contributed by atoms with Crippen molar-refractivity contribution >= 4 is 33.3 Å². The van der Waals surface area contributed by atoms with Crippen LogP contribution in [0.2, 0.25) is 0 Å². The Morgan fingerprint density at radius 1 is 1.07 bits per heavy atom. The Kier molecular flexibility index (Phi) is 5.23. The smallest absolute Gasteiger partial charge is 0.248 e. The Morgan fingerprint density at radius 3 is 2.54 bits per heavy atom. The maximum atomic E-state index is 13.6. The summed E-state index contributed by atoms with van der Waals surface area (Å²) in [4.78, 5) is 16.0. The number of nitrogens with zero attached hydrogens (tertiary/aromatic N) is 3. The van der Waals surface area contributed by atoms with E-state index < -0.39 is 5.91 Å². The summed E-state index contributed by atoms with van der Waals surface area (Å²) in [6.07, 6.45) is 0.556. The van der Waals surface area contributed by atoms with Crippen LogP contribution in [-0.4, -0.2) is 47.9 Å². The molecule has 2 aromatic carbocycles. The van der Waals surface area contributed by atoms with E-state index in [-0.39, 0.29) is 11.6 Å². The molecule has 2 heterocycles. The number of primary amides is 1. The zero-order chi connectivity index (χ0) is 19.7. The lowest BCUT2D eigenvalue weighted by Crippen LogP contribution is -2.47. The Morgan fingerprint density at radius 2 is 1.79 bits per heavy atom. The number of hydrogen-bond donors (Lipinski definition) is 1. The summed E-state index contributed by atoms with van der Waals surface area (Å²) in [6.45, 7) is 3.90. The maximum Gasteiger partial charge on any atom is 0.248 e. The van der Waals surface area contributed by atoms with Gasteiger partial charge in [0.05, 0.1) is 4.70 Å². The molecule has 1 aliphatic heterocycles. The van der Waals surface area contributed by atoms with E-state index in [2.05, 4.69) is 14.2 Å². The normalized spacial score (nSPS) is 15.3. The number of nitrogens with two attached hydrogens (primary N) is 1. The third-order valence-electron chi connectivity index (χ3n) is 5.11. The van der Waals surface area contributed by atoms with Crippen molar-refractivity contribution in [2.45, 2.75) is 6.42 Å². The highest BCUT2D eigenvalue weighted by molar-refractivity contribution is 7.13. The predicted octanol–water partition coefficient (Wildman–Crippen LogP) is 3.04. The molecular weight excluding hydrogens is 382 g/mol. The van der Waals surface area contributed by atoms with Crippen molar-refractivity contribution in [2.24, 2.45) is 5.73 Å². The molecule has 0 atom stereocenters. The second-order valence-corrected chi connectivity index (χ2v) is 7.70. The van der Waals surface area contributed by atoms with Gasteiger partial charge < -0.3 is 10.6 Å².